The van der Waals surface area contributed by atoms with Crippen LogP contribution >= 0.6 is 0 Å². The molecule has 156 valence electrons. The van der Waals surface area contributed by atoms with Crippen LogP contribution in [0.1, 0.15) is 40.7 Å². The van der Waals surface area contributed by atoms with Crippen LogP contribution < -0.4 is 10.1 Å². The second kappa shape index (κ2) is 9.41. The molecular formula is C22H28N2O4S. The van der Waals surface area contributed by atoms with E-state index >= 15 is 0 Å². The minimum absolute atomic E-state index is 0.227. The van der Waals surface area contributed by atoms with Crippen molar-refractivity contribution >= 4 is 15.9 Å². The molecule has 0 radical (unpaired) electrons. The number of methoxy groups -OCH3 is 1. The van der Waals surface area contributed by atoms with Crippen molar-refractivity contribution in [2.75, 3.05) is 26.7 Å². The van der Waals surface area contributed by atoms with Gasteiger partial charge in [0.25, 0.3) is 5.91 Å². The van der Waals surface area contributed by atoms with Crippen molar-refractivity contribution in [2.24, 2.45) is 0 Å². The molecule has 0 unspecified atom stereocenters. The first-order chi connectivity index (χ1) is 13.9. The Bertz CT molecular complexity index is 949. The van der Waals surface area contributed by atoms with E-state index in [1.807, 2.05) is 24.3 Å². The number of nitrogens with zero attached hydrogens (tertiary/aromatic N) is 1. The third-order valence-electron chi connectivity index (χ3n) is 5.22. The van der Waals surface area contributed by atoms with Crippen molar-refractivity contribution in [1.29, 1.82) is 0 Å². The lowest BCUT2D eigenvalue weighted by atomic mass is 10.1. The average Bonchev–Trinajstić information content (AvgIpc) is 3.27. The molecule has 1 aliphatic rings. The molecule has 0 atom stereocenters. The molecule has 0 aromatic heterocycles. The summed E-state index contributed by atoms with van der Waals surface area (Å²) in [5, 5.41) is 2.89. The zero-order valence-corrected chi connectivity index (χ0v) is 17.8. The van der Waals surface area contributed by atoms with Gasteiger partial charge < -0.3 is 10.1 Å². The summed E-state index contributed by atoms with van der Waals surface area (Å²) in [7, 11) is -1.91. The molecule has 1 heterocycles. The van der Waals surface area contributed by atoms with Gasteiger partial charge in [-0.2, -0.15) is 4.31 Å². The Morgan fingerprint density at radius 1 is 1.10 bits per heavy atom. The number of ether oxygens (including phenoxy) is 1. The first-order valence-corrected chi connectivity index (χ1v) is 11.4. The van der Waals surface area contributed by atoms with Gasteiger partial charge in [0.05, 0.1) is 12.0 Å². The van der Waals surface area contributed by atoms with Crippen LogP contribution in [-0.4, -0.2) is 45.4 Å². The average molecular weight is 417 g/mol. The molecule has 1 fully saturated rings. The van der Waals surface area contributed by atoms with E-state index in [1.165, 1.54) is 15.9 Å². The highest BCUT2D eigenvalue weighted by atomic mass is 32.2. The second-order valence-corrected chi connectivity index (χ2v) is 9.21. The molecule has 2 aromatic rings. The molecular weight excluding hydrogens is 388 g/mol. The Balaban J connectivity index is 1.59. The van der Waals surface area contributed by atoms with Gasteiger partial charge in [0.15, 0.2) is 0 Å². The van der Waals surface area contributed by atoms with Gasteiger partial charge in [0, 0.05) is 25.2 Å². The van der Waals surface area contributed by atoms with Crippen LogP contribution in [0.4, 0.5) is 0 Å². The maximum atomic E-state index is 12.9. The van der Waals surface area contributed by atoms with E-state index in [0.29, 0.717) is 30.8 Å². The fraction of sp³-hybridized carbons (Fsp3) is 0.409. The predicted molar refractivity (Wildman–Crippen MR) is 113 cm³/mol. The SMILES string of the molecule is COc1ccc(CCCNC(=O)c2ccc(C)c(S(=O)(=O)N3CCCC3)c2)cc1. The Kier molecular flexibility index (Phi) is 6.92. The summed E-state index contributed by atoms with van der Waals surface area (Å²) in [6, 6.07) is 12.7. The number of rotatable bonds is 8. The first kappa shape index (κ1) is 21.3. The molecule has 1 amide bonds. The Morgan fingerprint density at radius 3 is 2.45 bits per heavy atom. The molecule has 1 saturated heterocycles. The highest BCUT2D eigenvalue weighted by Gasteiger charge is 2.29. The monoisotopic (exact) mass is 416 g/mol. The van der Waals surface area contributed by atoms with Gasteiger partial charge >= 0.3 is 0 Å². The van der Waals surface area contributed by atoms with Crippen molar-refractivity contribution in [1.82, 2.24) is 9.62 Å². The number of carbonyl (C=O) groups is 1. The van der Waals surface area contributed by atoms with E-state index in [-0.39, 0.29) is 10.8 Å². The highest BCUT2D eigenvalue weighted by Crippen LogP contribution is 2.24. The number of hydrogen-bond donors (Lipinski definition) is 1. The predicted octanol–water partition coefficient (Wildman–Crippen LogP) is 3.15. The van der Waals surface area contributed by atoms with Crippen LogP contribution in [0.5, 0.6) is 5.75 Å². The molecule has 2 aromatic carbocycles. The summed E-state index contributed by atoms with van der Waals surface area (Å²) in [5.74, 6) is 0.568. The summed E-state index contributed by atoms with van der Waals surface area (Å²) in [5.41, 5.74) is 2.21. The molecule has 7 heteroatoms. The smallest absolute Gasteiger partial charge is 0.251 e. The summed E-state index contributed by atoms with van der Waals surface area (Å²) in [6.07, 6.45) is 3.40. The summed E-state index contributed by atoms with van der Waals surface area (Å²) in [4.78, 5) is 12.7. The van der Waals surface area contributed by atoms with Gasteiger partial charge in [0.2, 0.25) is 10.0 Å². The zero-order chi connectivity index (χ0) is 20.9. The van der Waals surface area contributed by atoms with Gasteiger partial charge in [-0.1, -0.05) is 18.2 Å². The summed E-state index contributed by atoms with van der Waals surface area (Å²) in [6.45, 7) is 3.37. The number of amides is 1. The topological polar surface area (TPSA) is 75.7 Å². The molecule has 1 aliphatic heterocycles. The van der Waals surface area contributed by atoms with E-state index < -0.39 is 10.0 Å². The van der Waals surface area contributed by atoms with Crippen molar-refractivity contribution in [3.63, 3.8) is 0 Å². The largest absolute Gasteiger partial charge is 0.497 e. The van der Waals surface area contributed by atoms with Crippen molar-refractivity contribution < 1.29 is 17.9 Å². The van der Waals surface area contributed by atoms with Crippen molar-refractivity contribution in [2.45, 2.75) is 37.5 Å². The number of hydrogen-bond acceptors (Lipinski definition) is 4. The van der Waals surface area contributed by atoms with E-state index in [4.69, 9.17) is 4.74 Å². The molecule has 3 rings (SSSR count). The van der Waals surface area contributed by atoms with Crippen LogP contribution in [0.2, 0.25) is 0 Å². The highest BCUT2D eigenvalue weighted by molar-refractivity contribution is 7.89. The summed E-state index contributed by atoms with van der Waals surface area (Å²) >= 11 is 0. The second-order valence-electron chi connectivity index (χ2n) is 7.30. The summed E-state index contributed by atoms with van der Waals surface area (Å²) < 4.78 is 32.4. The zero-order valence-electron chi connectivity index (χ0n) is 17.0. The van der Waals surface area contributed by atoms with Crippen LogP contribution in [0.25, 0.3) is 0 Å². The van der Waals surface area contributed by atoms with Crippen LogP contribution in [0.3, 0.4) is 0 Å². The maximum absolute atomic E-state index is 12.9. The van der Waals surface area contributed by atoms with Crippen LogP contribution in [-0.2, 0) is 16.4 Å². The lowest BCUT2D eigenvalue weighted by molar-refractivity contribution is 0.0953. The minimum Gasteiger partial charge on any atom is -0.497 e. The lowest BCUT2D eigenvalue weighted by Crippen LogP contribution is -2.29. The fourth-order valence-corrected chi connectivity index (χ4v) is 5.24. The maximum Gasteiger partial charge on any atom is 0.251 e. The first-order valence-electron chi connectivity index (χ1n) is 9.94. The number of nitrogens with one attached hydrogen (secondary N) is 1. The van der Waals surface area contributed by atoms with Crippen molar-refractivity contribution in [3.05, 3.63) is 59.2 Å². The number of aryl methyl sites for hydroxylation is 2. The van der Waals surface area contributed by atoms with Crippen LogP contribution in [0, 0.1) is 6.92 Å². The molecule has 29 heavy (non-hydrogen) atoms. The lowest BCUT2D eigenvalue weighted by Gasteiger charge is -2.17. The Morgan fingerprint density at radius 2 is 1.79 bits per heavy atom. The molecule has 1 N–H and O–H groups in total. The van der Waals surface area contributed by atoms with Gasteiger partial charge in [-0.3, -0.25) is 4.79 Å². The minimum atomic E-state index is -3.55. The van der Waals surface area contributed by atoms with Crippen LogP contribution in [0.15, 0.2) is 47.4 Å². The number of benzene rings is 2. The van der Waals surface area contributed by atoms with E-state index in [1.54, 1.807) is 26.2 Å². The molecule has 0 saturated carbocycles. The van der Waals surface area contributed by atoms with Gasteiger partial charge in [0.1, 0.15) is 5.75 Å². The van der Waals surface area contributed by atoms with Gasteiger partial charge in [-0.25, -0.2) is 8.42 Å². The van der Waals surface area contributed by atoms with E-state index in [2.05, 4.69) is 5.32 Å². The molecule has 0 aliphatic carbocycles. The third-order valence-corrected chi connectivity index (χ3v) is 7.26. The third kappa shape index (κ3) is 5.16. The molecule has 0 spiro atoms. The van der Waals surface area contributed by atoms with Gasteiger partial charge in [-0.05, 0) is 68.0 Å². The van der Waals surface area contributed by atoms with Gasteiger partial charge in [-0.15, -0.1) is 0 Å². The van der Waals surface area contributed by atoms with Crippen molar-refractivity contribution in [3.8, 4) is 5.75 Å². The number of carbonyl (C=O) groups excluding carboxylic acids is 1. The Labute approximate surface area is 172 Å². The fourth-order valence-electron chi connectivity index (χ4n) is 3.48. The normalized spacial score (nSPS) is 14.7. The number of sulfonamides is 1. The molecule has 0 bridgehead atoms. The van der Waals surface area contributed by atoms with E-state index in [0.717, 1.165) is 31.4 Å². The quantitative estimate of drug-likeness (QED) is 0.671. The standard InChI is InChI=1S/C22H28N2O4S/c1-17-7-10-19(16-21(17)29(26,27)24-14-3-4-15-24)22(25)23-13-5-6-18-8-11-20(28-2)12-9-18/h7-12,16H,3-6,13-15H2,1-2H3,(H,23,25). The molecule has 6 nitrogen and oxygen atoms in total. The van der Waals surface area contributed by atoms with E-state index in [9.17, 15) is 13.2 Å². The Hall–Kier alpha value is -2.38.